The second kappa shape index (κ2) is 8.12. The van der Waals surface area contributed by atoms with Crippen molar-refractivity contribution in [1.29, 1.82) is 5.26 Å². The van der Waals surface area contributed by atoms with Gasteiger partial charge in [0.25, 0.3) is 0 Å². The largest absolute Gasteiger partial charge is 0.324 e. The van der Waals surface area contributed by atoms with Crippen LogP contribution in [-0.4, -0.2) is 22.4 Å². The summed E-state index contributed by atoms with van der Waals surface area (Å²) in [6, 6.07) is 8.47. The van der Waals surface area contributed by atoms with Crippen molar-refractivity contribution in [1.82, 2.24) is 4.98 Å². The minimum Gasteiger partial charge on any atom is -0.324 e. The van der Waals surface area contributed by atoms with E-state index in [4.69, 9.17) is 23.2 Å². The zero-order valence-corrected chi connectivity index (χ0v) is 17.6. The van der Waals surface area contributed by atoms with E-state index in [0.29, 0.717) is 50.4 Å². The van der Waals surface area contributed by atoms with Gasteiger partial charge in [-0.25, -0.2) is 4.98 Å². The number of hydrogen-bond acceptors (Lipinski definition) is 5. The molecule has 8 heteroatoms. The Bertz CT molecular complexity index is 1020. The second-order valence-corrected chi connectivity index (χ2v) is 9.16. The molecule has 0 saturated carbocycles. The highest BCUT2D eigenvalue weighted by atomic mass is 35.5. The van der Waals surface area contributed by atoms with E-state index in [1.54, 1.807) is 24.3 Å². The van der Waals surface area contributed by atoms with Gasteiger partial charge in [-0.15, -0.1) is 0 Å². The van der Waals surface area contributed by atoms with Gasteiger partial charge in [0.2, 0.25) is 5.91 Å². The number of carbonyl (C=O) groups is 2. The Balaban J connectivity index is 1.76. The number of nitrogens with one attached hydrogen (secondary N) is 1. The van der Waals surface area contributed by atoms with E-state index >= 15 is 0 Å². The molecule has 144 valence electrons. The molecule has 0 spiro atoms. The molecule has 0 aliphatic heterocycles. The number of pyridine rings is 1. The van der Waals surface area contributed by atoms with Crippen LogP contribution in [0.2, 0.25) is 10.0 Å². The minimum atomic E-state index is -0.283. The SMILES string of the molecule is CC1(C)CC(=O)c2cc(C#N)c(SCC(=O)Nc3ccc(Cl)cc3Cl)nc2C1. The van der Waals surface area contributed by atoms with E-state index in [1.165, 1.54) is 0 Å². The van der Waals surface area contributed by atoms with Gasteiger partial charge in [0.1, 0.15) is 11.1 Å². The van der Waals surface area contributed by atoms with Crippen LogP contribution < -0.4 is 5.32 Å². The molecular formula is C20H17Cl2N3O2S. The summed E-state index contributed by atoms with van der Waals surface area (Å²) < 4.78 is 0. The van der Waals surface area contributed by atoms with Crippen LogP contribution in [0.4, 0.5) is 5.69 Å². The topological polar surface area (TPSA) is 82.8 Å². The maximum atomic E-state index is 12.4. The second-order valence-electron chi connectivity index (χ2n) is 7.35. The van der Waals surface area contributed by atoms with E-state index in [9.17, 15) is 14.9 Å². The predicted molar refractivity (Wildman–Crippen MR) is 111 cm³/mol. The fourth-order valence-corrected chi connectivity index (χ4v) is 4.29. The number of benzene rings is 1. The van der Waals surface area contributed by atoms with Crippen LogP contribution in [0.25, 0.3) is 0 Å². The van der Waals surface area contributed by atoms with E-state index < -0.39 is 0 Å². The highest BCUT2D eigenvalue weighted by molar-refractivity contribution is 8.00. The molecule has 1 aliphatic rings. The summed E-state index contributed by atoms with van der Waals surface area (Å²) in [4.78, 5) is 29.2. The molecule has 0 unspecified atom stereocenters. The number of Topliss-reactive ketones (excluding diaryl/α,β-unsaturated/α-hetero) is 1. The van der Waals surface area contributed by atoms with Gasteiger partial charge in [-0.2, -0.15) is 5.26 Å². The quantitative estimate of drug-likeness (QED) is 0.674. The minimum absolute atomic E-state index is 0.00178. The number of hydrogen-bond donors (Lipinski definition) is 1. The Hall–Kier alpha value is -2.07. The highest BCUT2D eigenvalue weighted by Crippen LogP contribution is 2.36. The number of thioether (sulfide) groups is 1. The van der Waals surface area contributed by atoms with Crippen LogP contribution in [0.3, 0.4) is 0 Å². The van der Waals surface area contributed by atoms with Crippen LogP contribution in [0.15, 0.2) is 29.3 Å². The Morgan fingerprint density at radius 2 is 2.07 bits per heavy atom. The molecule has 0 bridgehead atoms. The van der Waals surface area contributed by atoms with Crippen molar-refractivity contribution in [3.8, 4) is 6.07 Å². The van der Waals surface area contributed by atoms with Gasteiger partial charge in [0.15, 0.2) is 5.78 Å². The Kier molecular flexibility index (Phi) is 5.99. The molecule has 0 radical (unpaired) electrons. The molecule has 1 aliphatic carbocycles. The first-order valence-corrected chi connectivity index (χ1v) is 10.3. The van der Waals surface area contributed by atoms with E-state index in [-0.39, 0.29) is 22.9 Å². The Morgan fingerprint density at radius 3 is 2.75 bits per heavy atom. The molecule has 1 aromatic carbocycles. The van der Waals surface area contributed by atoms with Gasteiger partial charge in [-0.05, 0) is 36.1 Å². The summed E-state index contributed by atoms with van der Waals surface area (Å²) in [5.41, 5.74) is 1.79. The maximum absolute atomic E-state index is 12.4. The highest BCUT2D eigenvalue weighted by Gasteiger charge is 2.32. The van der Waals surface area contributed by atoms with Crippen molar-refractivity contribution in [2.75, 3.05) is 11.1 Å². The molecule has 0 saturated heterocycles. The number of fused-ring (bicyclic) bond motifs is 1. The third-order valence-corrected chi connectivity index (χ3v) is 5.86. The molecule has 5 nitrogen and oxygen atoms in total. The molecule has 3 rings (SSSR count). The Morgan fingerprint density at radius 1 is 1.32 bits per heavy atom. The number of rotatable bonds is 4. The molecule has 28 heavy (non-hydrogen) atoms. The molecule has 1 aromatic heterocycles. The van der Waals surface area contributed by atoms with Crippen LogP contribution in [0.1, 0.15) is 41.9 Å². The van der Waals surface area contributed by atoms with Crippen molar-refractivity contribution in [2.24, 2.45) is 5.41 Å². The lowest BCUT2D eigenvalue weighted by atomic mass is 9.75. The fourth-order valence-electron chi connectivity index (χ4n) is 3.06. The molecule has 1 amide bonds. The summed E-state index contributed by atoms with van der Waals surface area (Å²) in [5.74, 6) is -0.229. The average Bonchev–Trinajstić information content (AvgIpc) is 2.60. The van der Waals surface area contributed by atoms with Gasteiger partial charge in [0.05, 0.1) is 27.7 Å². The summed E-state index contributed by atoms with van der Waals surface area (Å²) >= 11 is 13.1. The summed E-state index contributed by atoms with van der Waals surface area (Å²) in [5, 5.41) is 13.4. The van der Waals surface area contributed by atoms with Crippen LogP contribution in [0, 0.1) is 16.7 Å². The first-order valence-electron chi connectivity index (χ1n) is 8.53. The summed E-state index contributed by atoms with van der Waals surface area (Å²) in [6.45, 7) is 4.04. The maximum Gasteiger partial charge on any atom is 0.234 e. The van der Waals surface area contributed by atoms with E-state index in [1.807, 2.05) is 13.8 Å². The number of aromatic nitrogens is 1. The van der Waals surface area contributed by atoms with Gasteiger partial charge in [-0.1, -0.05) is 48.8 Å². The third kappa shape index (κ3) is 4.67. The zero-order valence-electron chi connectivity index (χ0n) is 15.3. The van der Waals surface area contributed by atoms with Gasteiger partial charge >= 0.3 is 0 Å². The molecule has 1 heterocycles. The number of nitriles is 1. The van der Waals surface area contributed by atoms with Gasteiger partial charge in [-0.3, -0.25) is 9.59 Å². The number of nitrogens with zero attached hydrogens (tertiary/aromatic N) is 2. The van der Waals surface area contributed by atoms with Crippen molar-refractivity contribution >= 4 is 52.3 Å². The molecule has 0 atom stereocenters. The lowest BCUT2D eigenvalue weighted by Crippen LogP contribution is -2.28. The van der Waals surface area contributed by atoms with E-state index in [0.717, 1.165) is 11.8 Å². The number of anilines is 1. The molecule has 0 fully saturated rings. The molecular weight excluding hydrogens is 417 g/mol. The lowest BCUT2D eigenvalue weighted by Gasteiger charge is -2.29. The zero-order chi connectivity index (χ0) is 20.5. The summed E-state index contributed by atoms with van der Waals surface area (Å²) in [6.07, 6.45) is 1.09. The third-order valence-electron chi connectivity index (χ3n) is 4.32. The van der Waals surface area contributed by atoms with E-state index in [2.05, 4.69) is 16.4 Å². The average molecular weight is 434 g/mol. The predicted octanol–water partition coefficient (Wildman–Crippen LogP) is 5.15. The van der Waals surface area contributed by atoms with Crippen LogP contribution in [-0.2, 0) is 11.2 Å². The standard InChI is InChI=1S/C20H17Cl2N3O2S/c1-20(2)7-16-13(17(26)8-20)5-11(9-23)19(25-16)28-10-18(27)24-15-4-3-12(21)6-14(15)22/h3-6H,7-8,10H2,1-2H3,(H,24,27). The number of amides is 1. The molecule has 1 N–H and O–H groups in total. The van der Waals surface area contributed by atoms with Crippen molar-refractivity contribution in [3.63, 3.8) is 0 Å². The Labute approximate surface area is 177 Å². The van der Waals surface area contributed by atoms with Crippen molar-refractivity contribution < 1.29 is 9.59 Å². The summed E-state index contributed by atoms with van der Waals surface area (Å²) in [7, 11) is 0. The number of halogens is 2. The smallest absolute Gasteiger partial charge is 0.234 e. The first-order chi connectivity index (χ1) is 13.2. The number of ketones is 1. The van der Waals surface area contributed by atoms with Crippen molar-refractivity contribution in [2.45, 2.75) is 31.7 Å². The first kappa shape index (κ1) is 20.7. The normalized spacial score (nSPS) is 14.9. The van der Waals surface area contributed by atoms with Crippen molar-refractivity contribution in [3.05, 3.63) is 51.1 Å². The monoisotopic (exact) mass is 433 g/mol. The van der Waals surface area contributed by atoms with Gasteiger partial charge < -0.3 is 5.32 Å². The number of carbonyl (C=O) groups excluding carboxylic acids is 2. The van der Waals surface area contributed by atoms with Gasteiger partial charge in [0, 0.05) is 17.0 Å². The molecule has 2 aromatic rings. The van der Waals surface area contributed by atoms with Crippen LogP contribution in [0.5, 0.6) is 0 Å². The fraction of sp³-hybridized carbons (Fsp3) is 0.300. The van der Waals surface area contributed by atoms with Crippen LogP contribution >= 0.6 is 35.0 Å². The lowest BCUT2D eigenvalue weighted by molar-refractivity contribution is -0.113.